The van der Waals surface area contributed by atoms with Gasteiger partial charge in [0.15, 0.2) is 18.1 Å². The molecule has 0 aliphatic carbocycles. The summed E-state index contributed by atoms with van der Waals surface area (Å²) in [4.78, 5) is 14.5. The molecule has 0 unspecified atom stereocenters. The van der Waals surface area contributed by atoms with E-state index >= 15 is 0 Å². The molecule has 2 heterocycles. The Balaban J connectivity index is 1.37. The van der Waals surface area contributed by atoms with Gasteiger partial charge in [-0.1, -0.05) is 12.1 Å². The topological polar surface area (TPSA) is 69.3 Å². The molecular formula is C19H20N2O5. The van der Waals surface area contributed by atoms with E-state index in [1.165, 1.54) is 0 Å². The third kappa shape index (κ3) is 3.67. The minimum absolute atomic E-state index is 0.0862. The number of nitrogens with one attached hydrogen (secondary N) is 1. The number of anilines is 2. The van der Waals surface area contributed by atoms with E-state index < -0.39 is 0 Å². The Labute approximate surface area is 151 Å². The summed E-state index contributed by atoms with van der Waals surface area (Å²) in [6, 6.07) is 13.0. The van der Waals surface area contributed by atoms with Crippen LogP contribution in [0.4, 0.5) is 11.4 Å². The van der Waals surface area contributed by atoms with Crippen molar-refractivity contribution in [3.05, 3.63) is 42.5 Å². The summed E-state index contributed by atoms with van der Waals surface area (Å²) in [7, 11) is 0. The molecular weight excluding hydrogens is 336 g/mol. The second-order valence-electron chi connectivity index (χ2n) is 5.97. The molecule has 2 aromatic rings. The standard InChI is InChI=1S/C19H20N2O5/c22-19(12-24-14-5-6-17-18(11-14)26-13-25-17)20-15-3-1-2-4-16(15)21-7-9-23-10-8-21/h1-6,11H,7-10,12-13H2,(H,20,22). The van der Waals surface area contributed by atoms with Crippen molar-refractivity contribution < 1.29 is 23.7 Å². The van der Waals surface area contributed by atoms with Gasteiger partial charge in [0.1, 0.15) is 5.75 Å². The average Bonchev–Trinajstić information content (AvgIpc) is 3.15. The van der Waals surface area contributed by atoms with Crippen LogP contribution in [-0.4, -0.2) is 45.6 Å². The first-order valence-corrected chi connectivity index (χ1v) is 8.53. The first-order valence-electron chi connectivity index (χ1n) is 8.53. The highest BCUT2D eigenvalue weighted by Crippen LogP contribution is 2.35. The zero-order valence-corrected chi connectivity index (χ0v) is 14.3. The molecule has 26 heavy (non-hydrogen) atoms. The normalized spacial score (nSPS) is 15.6. The monoisotopic (exact) mass is 356 g/mol. The van der Waals surface area contributed by atoms with Gasteiger partial charge in [-0.15, -0.1) is 0 Å². The summed E-state index contributed by atoms with van der Waals surface area (Å²) in [6.45, 7) is 3.11. The summed E-state index contributed by atoms with van der Waals surface area (Å²) < 4.78 is 21.5. The van der Waals surface area contributed by atoms with E-state index in [0.29, 0.717) is 30.5 Å². The smallest absolute Gasteiger partial charge is 0.262 e. The maximum atomic E-state index is 12.3. The van der Waals surface area contributed by atoms with Gasteiger partial charge in [-0.05, 0) is 24.3 Å². The Morgan fingerprint density at radius 3 is 2.77 bits per heavy atom. The molecule has 0 radical (unpaired) electrons. The van der Waals surface area contributed by atoms with E-state index in [1.807, 2.05) is 24.3 Å². The van der Waals surface area contributed by atoms with Crippen molar-refractivity contribution >= 4 is 17.3 Å². The number of morpholine rings is 1. The van der Waals surface area contributed by atoms with Gasteiger partial charge < -0.3 is 29.2 Å². The molecule has 1 N–H and O–H groups in total. The molecule has 0 saturated carbocycles. The van der Waals surface area contributed by atoms with Crippen LogP contribution in [0.1, 0.15) is 0 Å². The molecule has 0 spiro atoms. The maximum absolute atomic E-state index is 12.3. The molecule has 7 nitrogen and oxygen atoms in total. The summed E-state index contributed by atoms with van der Waals surface area (Å²) >= 11 is 0. The Morgan fingerprint density at radius 1 is 1.08 bits per heavy atom. The van der Waals surface area contributed by atoms with Gasteiger partial charge in [0.25, 0.3) is 5.91 Å². The van der Waals surface area contributed by atoms with Gasteiger partial charge >= 0.3 is 0 Å². The van der Waals surface area contributed by atoms with Crippen LogP contribution < -0.4 is 24.4 Å². The molecule has 0 atom stereocenters. The summed E-state index contributed by atoms with van der Waals surface area (Å²) in [6.07, 6.45) is 0. The van der Waals surface area contributed by atoms with E-state index in [9.17, 15) is 4.79 Å². The highest BCUT2D eigenvalue weighted by Gasteiger charge is 2.17. The number of hydrogen-bond donors (Lipinski definition) is 1. The van der Waals surface area contributed by atoms with Gasteiger partial charge in [-0.3, -0.25) is 4.79 Å². The van der Waals surface area contributed by atoms with E-state index in [0.717, 1.165) is 24.5 Å². The first-order chi connectivity index (χ1) is 12.8. The van der Waals surface area contributed by atoms with Crippen LogP contribution in [0.15, 0.2) is 42.5 Å². The molecule has 7 heteroatoms. The number of amides is 1. The van der Waals surface area contributed by atoms with Crippen molar-refractivity contribution in [2.24, 2.45) is 0 Å². The minimum Gasteiger partial charge on any atom is -0.484 e. The highest BCUT2D eigenvalue weighted by molar-refractivity contribution is 5.95. The van der Waals surface area contributed by atoms with E-state index in [-0.39, 0.29) is 19.3 Å². The molecule has 0 aromatic heterocycles. The fourth-order valence-corrected chi connectivity index (χ4v) is 2.96. The number of carbonyl (C=O) groups excluding carboxylic acids is 1. The SMILES string of the molecule is O=C(COc1ccc2c(c1)OCO2)Nc1ccccc1N1CCOCC1. The number of ether oxygens (including phenoxy) is 4. The van der Waals surface area contributed by atoms with Crippen molar-refractivity contribution in [2.75, 3.05) is 49.9 Å². The lowest BCUT2D eigenvalue weighted by atomic mass is 10.2. The molecule has 1 saturated heterocycles. The third-order valence-electron chi connectivity index (χ3n) is 4.24. The number of fused-ring (bicyclic) bond motifs is 1. The fourth-order valence-electron chi connectivity index (χ4n) is 2.96. The van der Waals surface area contributed by atoms with E-state index in [1.54, 1.807) is 18.2 Å². The Bertz CT molecular complexity index is 789. The molecule has 4 rings (SSSR count). The van der Waals surface area contributed by atoms with Crippen LogP contribution in [0, 0.1) is 0 Å². The number of rotatable bonds is 5. The number of para-hydroxylation sites is 2. The Hall–Kier alpha value is -2.93. The molecule has 2 aromatic carbocycles. The number of carbonyl (C=O) groups is 1. The van der Waals surface area contributed by atoms with Crippen molar-refractivity contribution in [1.82, 2.24) is 0 Å². The van der Waals surface area contributed by atoms with Crippen LogP contribution in [0.25, 0.3) is 0 Å². The highest BCUT2D eigenvalue weighted by atomic mass is 16.7. The summed E-state index contributed by atoms with van der Waals surface area (Å²) in [5.74, 6) is 1.65. The quantitative estimate of drug-likeness (QED) is 0.886. The zero-order valence-electron chi connectivity index (χ0n) is 14.3. The van der Waals surface area contributed by atoms with Crippen LogP contribution in [-0.2, 0) is 9.53 Å². The lowest BCUT2D eigenvalue weighted by Crippen LogP contribution is -2.36. The number of nitrogens with zero attached hydrogens (tertiary/aromatic N) is 1. The second-order valence-corrected chi connectivity index (χ2v) is 5.97. The predicted molar refractivity (Wildman–Crippen MR) is 96.2 cm³/mol. The summed E-state index contributed by atoms with van der Waals surface area (Å²) in [5.41, 5.74) is 1.76. The molecule has 2 aliphatic rings. The van der Waals surface area contributed by atoms with E-state index in [4.69, 9.17) is 18.9 Å². The van der Waals surface area contributed by atoms with Crippen LogP contribution in [0.2, 0.25) is 0 Å². The van der Waals surface area contributed by atoms with Crippen molar-refractivity contribution in [2.45, 2.75) is 0 Å². The van der Waals surface area contributed by atoms with Gasteiger partial charge in [0.05, 0.1) is 24.6 Å². The Morgan fingerprint density at radius 2 is 1.88 bits per heavy atom. The molecule has 0 bridgehead atoms. The van der Waals surface area contributed by atoms with E-state index in [2.05, 4.69) is 10.2 Å². The average molecular weight is 356 g/mol. The number of hydrogen-bond acceptors (Lipinski definition) is 6. The van der Waals surface area contributed by atoms with Gasteiger partial charge in [0, 0.05) is 19.2 Å². The molecule has 1 fully saturated rings. The van der Waals surface area contributed by atoms with Crippen LogP contribution >= 0.6 is 0 Å². The first kappa shape index (κ1) is 16.5. The van der Waals surface area contributed by atoms with Crippen LogP contribution in [0.5, 0.6) is 17.2 Å². The third-order valence-corrected chi connectivity index (χ3v) is 4.24. The fraction of sp³-hybridized carbons (Fsp3) is 0.316. The number of benzene rings is 2. The molecule has 2 aliphatic heterocycles. The van der Waals surface area contributed by atoms with Gasteiger partial charge in [0.2, 0.25) is 6.79 Å². The van der Waals surface area contributed by atoms with Crippen molar-refractivity contribution in [3.8, 4) is 17.2 Å². The largest absolute Gasteiger partial charge is 0.484 e. The van der Waals surface area contributed by atoms with Crippen LogP contribution in [0.3, 0.4) is 0 Å². The van der Waals surface area contributed by atoms with Crippen molar-refractivity contribution in [3.63, 3.8) is 0 Å². The minimum atomic E-state index is -0.219. The second kappa shape index (κ2) is 7.53. The van der Waals surface area contributed by atoms with Crippen molar-refractivity contribution in [1.29, 1.82) is 0 Å². The molecule has 1 amide bonds. The predicted octanol–water partition coefficient (Wildman–Crippen LogP) is 2.27. The maximum Gasteiger partial charge on any atom is 0.262 e. The van der Waals surface area contributed by atoms with Gasteiger partial charge in [-0.25, -0.2) is 0 Å². The van der Waals surface area contributed by atoms with Gasteiger partial charge in [-0.2, -0.15) is 0 Å². The lowest BCUT2D eigenvalue weighted by molar-refractivity contribution is -0.118. The Kier molecular flexibility index (Phi) is 4.79. The molecule has 136 valence electrons. The lowest BCUT2D eigenvalue weighted by Gasteiger charge is -2.30. The summed E-state index contributed by atoms with van der Waals surface area (Å²) in [5, 5.41) is 2.93. The zero-order chi connectivity index (χ0) is 17.8.